The molecule has 3 N–H and O–H groups in total. The lowest BCUT2D eigenvalue weighted by Gasteiger charge is -2.12. The van der Waals surface area contributed by atoms with Crippen LogP contribution in [0.15, 0.2) is 24.4 Å². The van der Waals surface area contributed by atoms with Gasteiger partial charge in [0.1, 0.15) is 11.6 Å². The molecule has 0 radical (unpaired) electrons. The van der Waals surface area contributed by atoms with Crippen molar-refractivity contribution in [3.63, 3.8) is 0 Å². The van der Waals surface area contributed by atoms with Gasteiger partial charge in [-0.05, 0) is 25.0 Å². The fourth-order valence-corrected chi connectivity index (χ4v) is 2.51. The van der Waals surface area contributed by atoms with Crippen molar-refractivity contribution in [3.8, 4) is 5.75 Å². The molecular formula is C15H13FN2O3. The van der Waals surface area contributed by atoms with Crippen LogP contribution in [0.5, 0.6) is 5.75 Å². The fraction of sp³-hybridized carbons (Fsp3) is 0.200. The second-order valence-corrected chi connectivity index (χ2v) is 4.95. The summed E-state index contributed by atoms with van der Waals surface area (Å²) in [6.45, 7) is 0. The summed E-state index contributed by atoms with van der Waals surface area (Å²) >= 11 is 0. The van der Waals surface area contributed by atoms with Crippen molar-refractivity contribution in [3.05, 3.63) is 47.0 Å². The highest BCUT2D eigenvalue weighted by Crippen LogP contribution is 2.27. The van der Waals surface area contributed by atoms with Crippen LogP contribution in [0.2, 0.25) is 0 Å². The largest absolute Gasteiger partial charge is 0.506 e. The van der Waals surface area contributed by atoms with Gasteiger partial charge in [0.05, 0.1) is 16.8 Å². The summed E-state index contributed by atoms with van der Waals surface area (Å²) in [5, 5.41) is 12.1. The average Bonchev–Trinajstić information content (AvgIpc) is 2.87. The number of amides is 1. The molecule has 0 fully saturated rings. The van der Waals surface area contributed by atoms with Gasteiger partial charge < -0.3 is 15.4 Å². The number of aromatic amines is 1. The molecule has 21 heavy (non-hydrogen) atoms. The Hall–Kier alpha value is -2.63. The SMILES string of the molecule is O=C(Nc1ccc(F)cc1O)c1c[nH]c2c1C(=O)CCC2. The minimum absolute atomic E-state index is 0.0639. The Kier molecular flexibility index (Phi) is 3.21. The Labute approximate surface area is 119 Å². The Morgan fingerprint density at radius 1 is 1.33 bits per heavy atom. The first-order chi connectivity index (χ1) is 10.1. The van der Waals surface area contributed by atoms with Crippen LogP contribution in [-0.2, 0) is 6.42 Å². The van der Waals surface area contributed by atoms with Gasteiger partial charge in [0.2, 0.25) is 0 Å². The first-order valence-corrected chi connectivity index (χ1v) is 6.59. The molecule has 0 saturated heterocycles. The van der Waals surface area contributed by atoms with Crippen LogP contribution in [0, 0.1) is 5.82 Å². The topological polar surface area (TPSA) is 82.2 Å². The third-order valence-electron chi connectivity index (χ3n) is 3.52. The van der Waals surface area contributed by atoms with Gasteiger partial charge in [-0.25, -0.2) is 4.39 Å². The smallest absolute Gasteiger partial charge is 0.258 e. The van der Waals surface area contributed by atoms with Gasteiger partial charge in [-0.15, -0.1) is 0 Å². The van der Waals surface area contributed by atoms with Crippen molar-refractivity contribution in [1.29, 1.82) is 0 Å². The van der Waals surface area contributed by atoms with E-state index in [2.05, 4.69) is 10.3 Å². The van der Waals surface area contributed by atoms with Crippen molar-refractivity contribution in [1.82, 2.24) is 4.98 Å². The molecule has 0 unspecified atom stereocenters. The number of aryl methyl sites for hydroxylation is 1. The third kappa shape index (κ3) is 2.40. The number of fused-ring (bicyclic) bond motifs is 1. The van der Waals surface area contributed by atoms with Gasteiger partial charge in [-0.3, -0.25) is 9.59 Å². The second-order valence-electron chi connectivity index (χ2n) is 4.95. The van der Waals surface area contributed by atoms with Crippen molar-refractivity contribution in [2.45, 2.75) is 19.3 Å². The number of ketones is 1. The maximum Gasteiger partial charge on any atom is 0.258 e. The minimum Gasteiger partial charge on any atom is -0.506 e. The van der Waals surface area contributed by atoms with E-state index < -0.39 is 11.7 Å². The second kappa shape index (κ2) is 5.05. The van der Waals surface area contributed by atoms with Crippen molar-refractivity contribution >= 4 is 17.4 Å². The molecule has 5 nitrogen and oxygen atoms in total. The molecule has 1 aromatic carbocycles. The van der Waals surface area contributed by atoms with Gasteiger partial charge in [0.15, 0.2) is 5.78 Å². The summed E-state index contributed by atoms with van der Waals surface area (Å²) in [5.41, 5.74) is 1.53. The zero-order valence-corrected chi connectivity index (χ0v) is 11.1. The zero-order valence-electron chi connectivity index (χ0n) is 11.1. The molecule has 0 saturated carbocycles. The highest BCUT2D eigenvalue weighted by Gasteiger charge is 2.26. The Bertz CT molecular complexity index is 737. The zero-order chi connectivity index (χ0) is 15.0. The number of hydrogen-bond acceptors (Lipinski definition) is 3. The molecule has 6 heteroatoms. The number of Topliss-reactive ketones (excluding diaryl/α,β-unsaturated/α-hetero) is 1. The number of H-pyrrole nitrogens is 1. The van der Waals surface area contributed by atoms with E-state index in [0.29, 0.717) is 12.0 Å². The summed E-state index contributed by atoms with van der Waals surface area (Å²) in [6.07, 6.45) is 3.42. The summed E-state index contributed by atoms with van der Waals surface area (Å²) < 4.78 is 12.9. The number of nitrogens with one attached hydrogen (secondary N) is 2. The Morgan fingerprint density at radius 3 is 2.90 bits per heavy atom. The molecule has 0 bridgehead atoms. The van der Waals surface area contributed by atoms with Crippen molar-refractivity contribution in [2.24, 2.45) is 0 Å². The number of phenols is 1. The molecule has 0 aliphatic heterocycles. The minimum atomic E-state index is -0.597. The number of benzene rings is 1. The quantitative estimate of drug-likeness (QED) is 0.743. The lowest BCUT2D eigenvalue weighted by Crippen LogP contribution is -2.18. The van der Waals surface area contributed by atoms with Gasteiger partial charge in [-0.1, -0.05) is 0 Å². The molecule has 0 spiro atoms. The lowest BCUT2D eigenvalue weighted by molar-refractivity contribution is 0.0956. The van der Waals surface area contributed by atoms with E-state index in [4.69, 9.17) is 0 Å². The van der Waals surface area contributed by atoms with Crippen LogP contribution < -0.4 is 5.32 Å². The predicted octanol–water partition coefficient (Wildman–Crippen LogP) is 2.63. The van der Waals surface area contributed by atoms with E-state index in [1.54, 1.807) is 0 Å². The highest BCUT2D eigenvalue weighted by molar-refractivity contribution is 6.14. The number of halogens is 1. The monoisotopic (exact) mass is 288 g/mol. The lowest BCUT2D eigenvalue weighted by atomic mass is 9.93. The Balaban J connectivity index is 1.90. The molecule has 1 aromatic heterocycles. The number of aromatic nitrogens is 1. The molecule has 108 valence electrons. The number of hydrogen-bond donors (Lipinski definition) is 3. The van der Waals surface area contributed by atoms with Crippen LogP contribution in [-0.4, -0.2) is 21.8 Å². The summed E-state index contributed by atoms with van der Waals surface area (Å²) in [4.78, 5) is 27.1. The van der Waals surface area contributed by atoms with Crippen LogP contribution in [0.4, 0.5) is 10.1 Å². The van der Waals surface area contributed by atoms with Crippen molar-refractivity contribution < 1.29 is 19.1 Å². The normalized spacial score (nSPS) is 13.9. The van der Waals surface area contributed by atoms with Gasteiger partial charge in [0, 0.05) is 24.4 Å². The summed E-state index contributed by atoms with van der Waals surface area (Å²) in [6, 6.07) is 3.31. The first kappa shape index (κ1) is 13.4. The maximum atomic E-state index is 12.9. The number of aromatic hydroxyl groups is 1. The highest BCUT2D eigenvalue weighted by atomic mass is 19.1. The third-order valence-corrected chi connectivity index (χ3v) is 3.52. The molecule has 1 aliphatic carbocycles. The average molecular weight is 288 g/mol. The standard InChI is InChI=1S/C15H13FN2O3/c16-8-4-5-10(13(20)6-8)18-15(21)9-7-17-11-2-1-3-12(19)14(9)11/h4-7,17,20H,1-3H2,(H,18,21). The first-order valence-electron chi connectivity index (χ1n) is 6.59. The van der Waals surface area contributed by atoms with E-state index in [1.165, 1.54) is 12.3 Å². The summed E-state index contributed by atoms with van der Waals surface area (Å²) in [7, 11) is 0. The molecule has 1 aliphatic rings. The van der Waals surface area contributed by atoms with Crippen molar-refractivity contribution in [2.75, 3.05) is 5.32 Å². The van der Waals surface area contributed by atoms with Crippen LogP contribution in [0.25, 0.3) is 0 Å². The predicted molar refractivity (Wildman–Crippen MR) is 74.1 cm³/mol. The van der Waals surface area contributed by atoms with Gasteiger partial charge in [0.25, 0.3) is 5.91 Å². The number of carbonyl (C=O) groups excluding carboxylic acids is 2. The summed E-state index contributed by atoms with van der Waals surface area (Å²) in [5.74, 6) is -1.53. The van der Waals surface area contributed by atoms with Gasteiger partial charge in [-0.2, -0.15) is 0 Å². The van der Waals surface area contributed by atoms with Crippen LogP contribution in [0.1, 0.15) is 39.3 Å². The molecule has 3 rings (SSSR count). The van der Waals surface area contributed by atoms with Gasteiger partial charge >= 0.3 is 0 Å². The molecule has 1 heterocycles. The van der Waals surface area contributed by atoms with E-state index in [0.717, 1.165) is 30.7 Å². The van der Waals surface area contributed by atoms with E-state index in [1.807, 2.05) is 0 Å². The number of carbonyl (C=O) groups is 2. The van der Waals surface area contributed by atoms with E-state index in [9.17, 15) is 19.1 Å². The fourth-order valence-electron chi connectivity index (χ4n) is 2.51. The molecule has 2 aromatic rings. The Morgan fingerprint density at radius 2 is 2.14 bits per heavy atom. The molecular weight excluding hydrogens is 275 g/mol. The van der Waals surface area contributed by atoms with Crippen LogP contribution in [0.3, 0.4) is 0 Å². The maximum absolute atomic E-state index is 12.9. The number of rotatable bonds is 2. The number of anilines is 1. The van der Waals surface area contributed by atoms with E-state index >= 15 is 0 Å². The number of phenolic OH excluding ortho intramolecular Hbond substituents is 1. The molecule has 0 atom stereocenters. The van der Waals surface area contributed by atoms with Crippen LogP contribution >= 0.6 is 0 Å². The van der Waals surface area contributed by atoms with E-state index in [-0.39, 0.29) is 22.8 Å². The molecule has 1 amide bonds.